The van der Waals surface area contributed by atoms with Crippen molar-refractivity contribution in [1.29, 1.82) is 0 Å². The number of rotatable bonds is 4. The largest absolute Gasteiger partial charge is 0.464 e. The zero-order valence-electron chi connectivity index (χ0n) is 16.2. The maximum Gasteiger partial charge on any atom is 0.359 e. The van der Waals surface area contributed by atoms with Crippen LogP contribution in [-0.4, -0.2) is 72.3 Å². The highest BCUT2D eigenvalue weighted by atomic mass is 16.5. The zero-order chi connectivity index (χ0) is 22.0. The van der Waals surface area contributed by atoms with Gasteiger partial charge in [-0.3, -0.25) is 0 Å². The fourth-order valence-electron chi connectivity index (χ4n) is 2.59. The number of fused-ring (bicyclic) bond motifs is 3. The van der Waals surface area contributed by atoms with Gasteiger partial charge in [0.2, 0.25) is 0 Å². The molecule has 154 valence electrons. The normalized spacial score (nSPS) is 10.5. The number of ether oxygens (including phenoxy) is 4. The van der Waals surface area contributed by atoms with Crippen molar-refractivity contribution in [2.45, 2.75) is 0 Å². The molecule has 0 saturated heterocycles. The van der Waals surface area contributed by atoms with E-state index in [0.717, 1.165) is 28.4 Å². The van der Waals surface area contributed by atoms with Crippen LogP contribution < -0.4 is 0 Å². The number of esters is 4. The summed E-state index contributed by atoms with van der Waals surface area (Å²) in [5, 5.41) is 0. The SMILES string of the molecule is COC(=O)c1nc2ccc3nc(C(=O)OC)c(C(=O)OC)nc3c2nc1C(=O)OC. The molecule has 2 aromatic heterocycles. The van der Waals surface area contributed by atoms with Crippen LogP contribution in [0.2, 0.25) is 0 Å². The Balaban J connectivity index is 2.42. The second-order valence-electron chi connectivity index (χ2n) is 5.61. The van der Waals surface area contributed by atoms with Crippen LogP contribution in [0, 0.1) is 0 Å². The summed E-state index contributed by atoms with van der Waals surface area (Å²) >= 11 is 0. The molecule has 0 bridgehead atoms. The number of nitrogens with zero attached hydrogens (tertiary/aromatic N) is 4. The molecule has 0 aliphatic rings. The Bertz CT molecular complexity index is 1130. The summed E-state index contributed by atoms with van der Waals surface area (Å²) in [6.45, 7) is 0. The molecule has 1 aromatic carbocycles. The lowest BCUT2D eigenvalue weighted by Crippen LogP contribution is -2.18. The van der Waals surface area contributed by atoms with E-state index in [1.54, 1.807) is 0 Å². The lowest BCUT2D eigenvalue weighted by atomic mass is 10.2. The van der Waals surface area contributed by atoms with E-state index in [-0.39, 0.29) is 33.5 Å². The minimum absolute atomic E-state index is 0.0367. The van der Waals surface area contributed by atoms with E-state index in [1.807, 2.05) is 0 Å². The molecule has 2 heterocycles. The minimum Gasteiger partial charge on any atom is -0.464 e. The first kappa shape index (κ1) is 20.5. The predicted octanol–water partition coefficient (Wildman–Crippen LogP) is 0.719. The van der Waals surface area contributed by atoms with Crippen molar-refractivity contribution < 1.29 is 38.1 Å². The summed E-state index contributed by atoms with van der Waals surface area (Å²) in [7, 11) is 4.46. The predicted molar refractivity (Wildman–Crippen MR) is 98.0 cm³/mol. The van der Waals surface area contributed by atoms with Gasteiger partial charge in [-0.2, -0.15) is 0 Å². The molecule has 0 spiro atoms. The molecular formula is C18H14N4O8. The van der Waals surface area contributed by atoms with Crippen LogP contribution in [0.15, 0.2) is 12.1 Å². The third kappa shape index (κ3) is 3.34. The minimum atomic E-state index is -0.936. The van der Waals surface area contributed by atoms with Gasteiger partial charge in [-0.25, -0.2) is 39.1 Å². The first-order valence-corrected chi connectivity index (χ1v) is 8.22. The molecule has 12 heteroatoms. The van der Waals surface area contributed by atoms with Gasteiger partial charge in [-0.15, -0.1) is 0 Å². The maximum absolute atomic E-state index is 12.1. The number of aromatic nitrogens is 4. The molecule has 0 unspecified atom stereocenters. The van der Waals surface area contributed by atoms with Crippen molar-refractivity contribution in [3.63, 3.8) is 0 Å². The van der Waals surface area contributed by atoms with Gasteiger partial charge in [0.05, 0.1) is 39.5 Å². The van der Waals surface area contributed by atoms with Crippen LogP contribution in [0.25, 0.3) is 22.1 Å². The fourth-order valence-corrected chi connectivity index (χ4v) is 2.59. The number of hydrogen-bond acceptors (Lipinski definition) is 12. The summed E-state index contributed by atoms with van der Waals surface area (Å²) in [5.74, 6) is -3.66. The smallest absolute Gasteiger partial charge is 0.359 e. The van der Waals surface area contributed by atoms with Crippen LogP contribution in [-0.2, 0) is 18.9 Å². The first-order chi connectivity index (χ1) is 14.4. The third-order valence-corrected chi connectivity index (χ3v) is 3.98. The number of hydrogen-bond donors (Lipinski definition) is 0. The second-order valence-corrected chi connectivity index (χ2v) is 5.61. The lowest BCUT2D eigenvalue weighted by molar-refractivity contribution is 0.0545. The molecule has 0 fully saturated rings. The Morgan fingerprint density at radius 1 is 0.533 bits per heavy atom. The van der Waals surface area contributed by atoms with E-state index in [9.17, 15) is 19.2 Å². The van der Waals surface area contributed by atoms with Gasteiger partial charge in [-0.05, 0) is 12.1 Å². The van der Waals surface area contributed by atoms with E-state index >= 15 is 0 Å². The molecule has 3 rings (SSSR count). The molecule has 0 aliphatic heterocycles. The molecule has 0 radical (unpaired) electrons. The summed E-state index contributed by atoms with van der Waals surface area (Å²) < 4.78 is 18.6. The molecule has 30 heavy (non-hydrogen) atoms. The Hall–Kier alpha value is -4.22. The molecule has 12 nitrogen and oxygen atoms in total. The first-order valence-electron chi connectivity index (χ1n) is 8.22. The summed E-state index contributed by atoms with van der Waals surface area (Å²) in [5.41, 5.74) is -1.15. The molecule has 3 aromatic rings. The third-order valence-electron chi connectivity index (χ3n) is 3.98. The van der Waals surface area contributed by atoms with E-state index in [0.29, 0.717) is 0 Å². The van der Waals surface area contributed by atoms with Gasteiger partial charge in [0.15, 0.2) is 22.8 Å². The van der Waals surface area contributed by atoms with E-state index in [4.69, 9.17) is 0 Å². The van der Waals surface area contributed by atoms with Crippen LogP contribution in [0.5, 0.6) is 0 Å². The van der Waals surface area contributed by atoms with Crippen LogP contribution in [0.1, 0.15) is 42.0 Å². The number of benzene rings is 1. The fraction of sp³-hybridized carbons (Fsp3) is 0.222. The standard InChI is InChI=1S/C18H14N4O8/c1-27-15(23)11-13(17(25)29-3)21-9-7(19-11)5-6-8-10(9)22-14(18(26)30-4)12(20-8)16(24)28-2/h5-6H,1-4H3. The Labute approximate surface area is 168 Å². The number of carbonyl (C=O) groups excluding carboxylic acids is 4. The van der Waals surface area contributed by atoms with Gasteiger partial charge in [0.1, 0.15) is 11.0 Å². The Morgan fingerprint density at radius 3 is 1.07 bits per heavy atom. The van der Waals surface area contributed by atoms with Crippen molar-refractivity contribution in [1.82, 2.24) is 19.9 Å². The van der Waals surface area contributed by atoms with Gasteiger partial charge >= 0.3 is 23.9 Å². The van der Waals surface area contributed by atoms with Crippen LogP contribution in [0.4, 0.5) is 0 Å². The van der Waals surface area contributed by atoms with Crippen molar-refractivity contribution in [3.05, 3.63) is 34.9 Å². The molecule has 0 atom stereocenters. The number of methoxy groups -OCH3 is 4. The van der Waals surface area contributed by atoms with Crippen LogP contribution in [0.3, 0.4) is 0 Å². The monoisotopic (exact) mass is 414 g/mol. The molecule has 0 saturated carbocycles. The van der Waals surface area contributed by atoms with E-state index in [1.165, 1.54) is 12.1 Å². The quantitative estimate of drug-likeness (QED) is 0.335. The average Bonchev–Trinajstić information content (AvgIpc) is 2.79. The van der Waals surface area contributed by atoms with Gasteiger partial charge in [0, 0.05) is 0 Å². The zero-order valence-corrected chi connectivity index (χ0v) is 16.2. The molecule has 0 aliphatic carbocycles. The topological polar surface area (TPSA) is 157 Å². The van der Waals surface area contributed by atoms with E-state index < -0.39 is 35.3 Å². The second kappa shape index (κ2) is 8.03. The highest BCUT2D eigenvalue weighted by molar-refractivity contribution is 6.08. The van der Waals surface area contributed by atoms with Gasteiger partial charge < -0.3 is 18.9 Å². The summed E-state index contributed by atoms with van der Waals surface area (Å²) in [4.78, 5) is 64.9. The summed E-state index contributed by atoms with van der Waals surface area (Å²) in [6, 6.07) is 2.90. The van der Waals surface area contributed by atoms with Crippen molar-refractivity contribution in [2.24, 2.45) is 0 Å². The van der Waals surface area contributed by atoms with E-state index in [2.05, 4.69) is 38.9 Å². The van der Waals surface area contributed by atoms with Crippen molar-refractivity contribution >= 4 is 45.9 Å². The van der Waals surface area contributed by atoms with Crippen LogP contribution >= 0.6 is 0 Å². The number of carbonyl (C=O) groups is 4. The molecular weight excluding hydrogens is 400 g/mol. The van der Waals surface area contributed by atoms with Gasteiger partial charge in [-0.1, -0.05) is 0 Å². The Kier molecular flexibility index (Phi) is 5.49. The average molecular weight is 414 g/mol. The summed E-state index contributed by atoms with van der Waals surface area (Å²) in [6.07, 6.45) is 0. The Morgan fingerprint density at radius 2 is 0.800 bits per heavy atom. The lowest BCUT2D eigenvalue weighted by Gasteiger charge is -2.10. The highest BCUT2D eigenvalue weighted by Gasteiger charge is 2.27. The highest BCUT2D eigenvalue weighted by Crippen LogP contribution is 2.24. The molecule has 0 N–H and O–H groups in total. The van der Waals surface area contributed by atoms with Gasteiger partial charge in [0.25, 0.3) is 0 Å². The molecule has 0 amide bonds. The van der Waals surface area contributed by atoms with Crippen molar-refractivity contribution in [2.75, 3.05) is 28.4 Å². The van der Waals surface area contributed by atoms with Crippen molar-refractivity contribution in [3.8, 4) is 0 Å². The maximum atomic E-state index is 12.1.